The predicted molar refractivity (Wildman–Crippen MR) is 529 cm³/mol. The maximum atomic E-state index is 16.0. The number of likely N-dealkylation sites (N-methyl/N-ethyl adjacent to an activating group) is 1. The van der Waals surface area contributed by atoms with E-state index < -0.39 is 179 Å². The van der Waals surface area contributed by atoms with Gasteiger partial charge < -0.3 is 104 Å². The number of thioether (sulfide) groups is 2. The Hall–Kier alpha value is -5.79. The highest BCUT2D eigenvalue weighted by atomic mass is 127. The SMILES string of the molecule is CCN(C(=O)OCC1c2ccccc2-c2ccccc21)[C@H]1CO[C@@H](O[C@H]2[C@H](O[C@H]3C#C/C=C\C#C[C@]4(O)CC5(OCCO5)C(NC(=O)OC)=C3/C4=C\CSC(C)=O)O[C@H](C)[C@@H](N(O[C@H]3C[C@H](O[Si](CC)(CC)CC)[C@H](SC(=O)c4c(C)c(I)c(O[C@@H]5O[C@@H](C)[C@H](O[Si](CC)(CC)CC)[C@@H](OC)[C@H]5O[Si](CC)(CC)CC)c(OC)c4OC)[C@@H](C)O3)C(=O)OCC[Si](C)(C)C)[C@@H]2O)C[C@@H]1OC. The van der Waals surface area contributed by atoms with Gasteiger partial charge in [-0.1, -0.05) is 184 Å². The van der Waals surface area contributed by atoms with E-state index in [4.69, 9.17) is 93.9 Å². The van der Waals surface area contributed by atoms with E-state index >= 15 is 9.59 Å². The molecule has 3 amide bonds. The van der Waals surface area contributed by atoms with E-state index in [2.05, 4.69) is 146 Å². The summed E-state index contributed by atoms with van der Waals surface area (Å²) >= 11 is 4.18. The number of fused-ring (bicyclic) bond motifs is 5. The van der Waals surface area contributed by atoms with Crippen molar-refractivity contribution in [2.45, 2.75) is 330 Å². The van der Waals surface area contributed by atoms with Gasteiger partial charge >= 0.3 is 18.3 Å². The summed E-state index contributed by atoms with van der Waals surface area (Å²) in [5.74, 6) is 10.4. The zero-order valence-corrected chi connectivity index (χ0v) is 89.9. The number of carbonyl (C=O) groups is 5. The molecule has 3 aliphatic carbocycles. The fraction of sp³-hybridized carbons (Fsp3) is 0.660. The van der Waals surface area contributed by atoms with Gasteiger partial charge in [-0.25, -0.2) is 19.2 Å². The fourth-order valence-electron chi connectivity index (χ4n) is 19.5. The summed E-state index contributed by atoms with van der Waals surface area (Å²) in [6.07, 6.45) is -15.5. The fourth-order valence-corrected chi connectivity index (χ4v) is 31.3. The first-order valence-electron chi connectivity index (χ1n) is 47.4. The van der Waals surface area contributed by atoms with Crippen LogP contribution in [0.25, 0.3) is 11.1 Å². The van der Waals surface area contributed by atoms with Gasteiger partial charge in [0.05, 0.1) is 117 Å². The summed E-state index contributed by atoms with van der Waals surface area (Å²) in [7, 11) is -1.92. The molecule has 8 aliphatic rings. The van der Waals surface area contributed by atoms with E-state index in [1.165, 1.54) is 47.5 Å². The van der Waals surface area contributed by atoms with E-state index in [1.807, 2.05) is 64.1 Å². The summed E-state index contributed by atoms with van der Waals surface area (Å²) in [5.41, 5.74) is 2.77. The maximum Gasteiger partial charge on any atom is 0.434 e. The average Bonchev–Trinajstić information content (AvgIpc) is 1.49. The molecule has 1 spiro atoms. The Labute approximate surface area is 817 Å². The molecule has 5 aliphatic heterocycles. The highest BCUT2D eigenvalue weighted by molar-refractivity contribution is 14.1. The summed E-state index contributed by atoms with van der Waals surface area (Å²) in [4.78, 5) is 81.7. The molecule has 0 unspecified atom stereocenters. The lowest BCUT2D eigenvalue weighted by atomic mass is 9.73. The summed E-state index contributed by atoms with van der Waals surface area (Å²) in [6.45, 7) is 36.4. The molecule has 742 valence electrons. The molecule has 3 N–H and O–H groups in total. The number of nitrogens with one attached hydrogen (secondary N) is 1. The molecule has 19 atom stereocenters. The van der Waals surface area contributed by atoms with Crippen LogP contribution >= 0.6 is 46.1 Å². The molecule has 0 aromatic heterocycles. The van der Waals surface area contributed by atoms with Crippen molar-refractivity contribution in [1.29, 1.82) is 0 Å². The third-order valence-electron chi connectivity index (χ3n) is 27.9. The minimum atomic E-state index is -2.68. The number of carbonyl (C=O) groups excluding carboxylic acids is 5. The zero-order chi connectivity index (χ0) is 97.5. The number of aliphatic hydroxyl groups is 2. The van der Waals surface area contributed by atoms with Crippen LogP contribution in [0.1, 0.15) is 149 Å². The first-order valence-corrected chi connectivity index (χ1v) is 61.6. The van der Waals surface area contributed by atoms with Crippen molar-refractivity contribution in [3.63, 3.8) is 0 Å². The van der Waals surface area contributed by atoms with Crippen LogP contribution in [0.5, 0.6) is 17.2 Å². The number of ether oxygens (including phenoxy) is 16. The number of benzene rings is 3. The van der Waals surface area contributed by atoms with Crippen LogP contribution in [0.2, 0.25) is 80.1 Å². The Kier molecular flexibility index (Phi) is 39.0. The number of methoxy groups -OCH3 is 5. The van der Waals surface area contributed by atoms with Crippen LogP contribution in [0.3, 0.4) is 0 Å². The molecule has 0 saturated carbocycles. The molecular weight excluding hydrogens is 1940 g/mol. The van der Waals surface area contributed by atoms with Crippen molar-refractivity contribution in [1.82, 2.24) is 15.3 Å². The van der Waals surface area contributed by atoms with Crippen LogP contribution in [-0.4, -0.2) is 284 Å². The number of hydrogen-bond donors (Lipinski definition) is 3. The van der Waals surface area contributed by atoms with Gasteiger partial charge in [-0.05, 0) is 158 Å². The van der Waals surface area contributed by atoms with Crippen molar-refractivity contribution >= 4 is 108 Å². The molecule has 0 radical (unpaired) electrons. The Balaban J connectivity index is 0.959. The standard InChI is InChI=1S/C97H142IN3O27S2Si4/c1-24-100(94(106)116-56-68-66-44-39-37-42-64(66)65-43-38-40-45-67(65)68)70-57-115-74(54-72(70)109-16)123-84-80(103)79(60(12)120-91(84)122-71-46-36-34-35-41-48-96(108)58-97(117-49-50-118-97)89(99-93(105)113-20)77(71)69(96)47-52-129-63(15)102)101(95(107)114-51-53-131(21,22)23)125-75-55-73(126-132(25-2,26-3)27-4)88(62(14)119-75)130-90(104)76-59(11)78(98)83(86(112-19)82(76)110-17)124-92-87(128-134(31-8,32-9)33-10)85(111-18)81(61(13)121-92)127-133(28-5,29-6)30-7/h34-35,37-40,42-45,47,60-62,68,70-75,79-81,84-85,87-88,91-92,103,108H,24-33,49-58H2,1-23H3,(H,99,105)/b35-34-,69-47+/t60-,61+,62-,70+,71+,72+,73+,74+,75+,79-,80+,81+,84-,85-,87-,88-,91+,92+,96+/m1/s1. The van der Waals surface area contributed by atoms with Crippen LogP contribution in [0, 0.1) is 34.2 Å². The molecule has 2 bridgehead atoms. The molecule has 30 nitrogen and oxygen atoms in total. The largest absolute Gasteiger partial charge is 0.492 e. The van der Waals surface area contributed by atoms with Gasteiger partial charge in [-0.3, -0.25) is 14.9 Å². The number of aliphatic hydroxyl groups excluding tert-OH is 1. The third kappa shape index (κ3) is 24.2. The molecule has 3 aromatic rings. The van der Waals surface area contributed by atoms with E-state index in [-0.39, 0.29) is 114 Å². The van der Waals surface area contributed by atoms with Crippen LogP contribution in [0.15, 0.2) is 83.6 Å². The molecular formula is C97H142IN3O27S2Si4. The molecule has 37 heteroatoms. The first kappa shape index (κ1) is 109. The van der Waals surface area contributed by atoms with Gasteiger partial charge in [-0.2, -0.15) is 5.06 Å². The lowest BCUT2D eigenvalue weighted by Gasteiger charge is -2.50. The number of amides is 3. The molecule has 134 heavy (non-hydrogen) atoms. The smallest absolute Gasteiger partial charge is 0.434 e. The van der Waals surface area contributed by atoms with Gasteiger partial charge in [0.2, 0.25) is 22.9 Å². The van der Waals surface area contributed by atoms with Gasteiger partial charge in [0.15, 0.2) is 66.0 Å². The van der Waals surface area contributed by atoms with E-state index in [0.29, 0.717) is 33.3 Å². The topological polar surface area (TPSA) is 329 Å². The Bertz CT molecular complexity index is 4700. The van der Waals surface area contributed by atoms with E-state index in [0.717, 1.165) is 87.1 Å². The van der Waals surface area contributed by atoms with E-state index in [9.17, 15) is 24.6 Å². The van der Waals surface area contributed by atoms with Gasteiger partial charge in [0, 0.05) is 71.4 Å². The number of halogens is 1. The predicted octanol–water partition coefficient (Wildman–Crippen LogP) is 16.9. The second-order valence-electron chi connectivity index (χ2n) is 36.5. The number of nitrogens with zero attached hydrogens (tertiary/aromatic N) is 2. The number of hydrogen-bond acceptors (Lipinski definition) is 29. The lowest BCUT2D eigenvalue weighted by Crippen LogP contribution is -2.67. The van der Waals surface area contributed by atoms with Crippen molar-refractivity contribution in [2.24, 2.45) is 0 Å². The normalized spacial score (nSPS) is 28.5. The minimum absolute atomic E-state index is 0.00648. The third-order valence-corrected chi connectivity index (χ3v) is 47.0. The number of rotatable bonds is 40. The van der Waals surface area contributed by atoms with Crippen LogP contribution < -0.4 is 19.5 Å². The zero-order valence-electron chi connectivity index (χ0n) is 82.2. The first-order chi connectivity index (χ1) is 64.0. The Morgan fingerprint density at radius 1 is 0.672 bits per heavy atom. The summed E-state index contributed by atoms with van der Waals surface area (Å²) in [6, 6.07) is 21.8. The molecule has 11 rings (SSSR count). The second-order valence-corrected chi connectivity index (χ2v) is 59.7. The van der Waals surface area contributed by atoms with Gasteiger partial charge in [-0.15, -0.1) is 0 Å². The van der Waals surface area contributed by atoms with Crippen LogP contribution in [0.4, 0.5) is 14.4 Å². The molecule has 3 aromatic carbocycles. The molecule has 5 heterocycles. The van der Waals surface area contributed by atoms with Crippen LogP contribution in [-0.2, 0) is 84.5 Å². The number of alkyl carbamates (subject to hydrolysis) is 1. The maximum absolute atomic E-state index is 16.0. The van der Waals surface area contributed by atoms with Crippen molar-refractivity contribution in [3.05, 3.63) is 109 Å². The minimum Gasteiger partial charge on any atom is -0.492 e. The average molecular weight is 2090 g/mol. The Morgan fingerprint density at radius 2 is 1.26 bits per heavy atom. The van der Waals surface area contributed by atoms with Crippen molar-refractivity contribution in [3.8, 4) is 52.1 Å². The Morgan fingerprint density at radius 3 is 1.84 bits per heavy atom. The summed E-state index contributed by atoms with van der Waals surface area (Å²) < 4.78 is 128. The van der Waals surface area contributed by atoms with Crippen molar-refractivity contribution < 1.29 is 128 Å². The highest BCUT2D eigenvalue weighted by Crippen LogP contribution is 2.53. The monoisotopic (exact) mass is 2080 g/mol. The number of hydroxylamine groups is 2. The molecule has 5 fully saturated rings. The van der Waals surface area contributed by atoms with E-state index in [1.54, 1.807) is 25.0 Å². The quantitative estimate of drug-likeness (QED) is 0.0156. The van der Waals surface area contributed by atoms with Gasteiger partial charge in [0.1, 0.15) is 43.2 Å². The summed E-state index contributed by atoms with van der Waals surface area (Å²) in [5, 5.41) is 29.6. The van der Waals surface area contributed by atoms with Gasteiger partial charge in [0.25, 0.3) is 0 Å². The molecule has 5 saturated heterocycles. The lowest BCUT2D eigenvalue weighted by molar-refractivity contribution is -0.366. The van der Waals surface area contributed by atoms with Crippen molar-refractivity contribution in [2.75, 3.05) is 80.9 Å². The number of allylic oxidation sites excluding steroid dienone is 2. The highest BCUT2D eigenvalue weighted by Gasteiger charge is 2.61. The second kappa shape index (κ2) is 48.1.